The molecule has 1 unspecified atom stereocenters. The maximum Gasteiger partial charge on any atom is 0.221 e. The molecular formula is C10H15ClFN3. The van der Waals surface area contributed by atoms with Gasteiger partial charge in [0, 0.05) is 6.04 Å². The Labute approximate surface area is 94.0 Å². The molecule has 0 aromatic heterocycles. The lowest BCUT2D eigenvalue weighted by Gasteiger charge is -2.40. The van der Waals surface area contributed by atoms with Gasteiger partial charge in [0.05, 0.1) is 6.34 Å². The van der Waals surface area contributed by atoms with Crippen LogP contribution in [-0.4, -0.2) is 34.9 Å². The van der Waals surface area contributed by atoms with Crippen molar-refractivity contribution in [1.29, 1.82) is 0 Å². The Morgan fingerprint density at radius 1 is 1.60 bits per heavy atom. The van der Waals surface area contributed by atoms with Gasteiger partial charge < -0.3 is 4.90 Å². The third-order valence-electron chi connectivity index (χ3n) is 3.15. The molecule has 3 nitrogen and oxygen atoms in total. The van der Waals surface area contributed by atoms with Crippen LogP contribution in [0.5, 0.6) is 0 Å². The third kappa shape index (κ3) is 2.00. The van der Waals surface area contributed by atoms with Crippen molar-refractivity contribution in [1.82, 2.24) is 4.90 Å². The van der Waals surface area contributed by atoms with Crippen molar-refractivity contribution in [3.63, 3.8) is 0 Å². The monoisotopic (exact) mass is 231 g/mol. The molecule has 0 amide bonds. The molecule has 0 bridgehead atoms. The van der Waals surface area contributed by atoms with Crippen LogP contribution < -0.4 is 0 Å². The van der Waals surface area contributed by atoms with E-state index >= 15 is 0 Å². The van der Waals surface area contributed by atoms with Crippen LogP contribution in [0.4, 0.5) is 4.39 Å². The van der Waals surface area contributed by atoms with Crippen LogP contribution in [0.2, 0.25) is 0 Å². The second kappa shape index (κ2) is 4.08. The number of hydrogen-bond acceptors (Lipinski definition) is 3. The lowest BCUT2D eigenvalue weighted by Crippen LogP contribution is -2.52. The van der Waals surface area contributed by atoms with E-state index in [1.165, 1.54) is 12.8 Å². The van der Waals surface area contributed by atoms with E-state index in [0.29, 0.717) is 6.04 Å². The summed E-state index contributed by atoms with van der Waals surface area (Å²) in [6.07, 6.45) is 6.23. The SMILES string of the molecule is CC1(CF)N=C(Cl)N=CN1C1CCCC1. The summed E-state index contributed by atoms with van der Waals surface area (Å²) in [6.45, 7) is 1.23. The number of amidine groups is 1. The predicted octanol–water partition coefficient (Wildman–Crippen LogP) is 2.55. The maximum absolute atomic E-state index is 13.1. The van der Waals surface area contributed by atoms with E-state index in [9.17, 15) is 4.39 Å². The zero-order valence-corrected chi connectivity index (χ0v) is 9.54. The molecule has 1 fully saturated rings. The summed E-state index contributed by atoms with van der Waals surface area (Å²) in [5.74, 6) is 0. The van der Waals surface area contributed by atoms with Crippen molar-refractivity contribution in [2.75, 3.05) is 6.67 Å². The first-order valence-electron chi connectivity index (χ1n) is 5.30. The quantitative estimate of drug-likeness (QED) is 0.672. The number of hydrogen-bond donors (Lipinski definition) is 0. The van der Waals surface area contributed by atoms with Crippen LogP contribution in [0, 0.1) is 0 Å². The topological polar surface area (TPSA) is 28.0 Å². The van der Waals surface area contributed by atoms with Gasteiger partial charge in [0.2, 0.25) is 5.29 Å². The van der Waals surface area contributed by atoms with Crippen LogP contribution in [0.1, 0.15) is 32.6 Å². The van der Waals surface area contributed by atoms with E-state index in [0.717, 1.165) is 12.8 Å². The minimum Gasteiger partial charge on any atom is -0.333 e. The fourth-order valence-electron chi connectivity index (χ4n) is 2.29. The summed E-state index contributed by atoms with van der Waals surface area (Å²) in [4.78, 5) is 9.97. The van der Waals surface area contributed by atoms with Gasteiger partial charge in [0.25, 0.3) is 0 Å². The van der Waals surface area contributed by atoms with Crippen molar-refractivity contribution >= 4 is 23.2 Å². The highest BCUT2D eigenvalue weighted by atomic mass is 35.5. The van der Waals surface area contributed by atoms with Crippen molar-refractivity contribution < 1.29 is 4.39 Å². The lowest BCUT2D eigenvalue weighted by molar-refractivity contribution is 0.120. The normalized spacial score (nSPS) is 32.2. The molecule has 5 heteroatoms. The molecular weight excluding hydrogens is 217 g/mol. The molecule has 1 heterocycles. The minimum absolute atomic E-state index is 0.143. The molecule has 84 valence electrons. The van der Waals surface area contributed by atoms with E-state index in [1.807, 2.05) is 4.90 Å². The highest BCUT2D eigenvalue weighted by Gasteiger charge is 2.38. The molecule has 0 N–H and O–H groups in total. The van der Waals surface area contributed by atoms with Gasteiger partial charge in [0.15, 0.2) is 5.66 Å². The standard InChI is InChI=1S/C10H15ClFN3/c1-10(6-12)14-9(11)13-7-15(10)8-4-2-3-5-8/h7-8H,2-6H2,1H3. The van der Waals surface area contributed by atoms with Gasteiger partial charge in [-0.15, -0.1) is 0 Å². The molecule has 2 rings (SSSR count). The molecule has 0 aromatic rings. The van der Waals surface area contributed by atoms with Crippen LogP contribution in [-0.2, 0) is 0 Å². The van der Waals surface area contributed by atoms with Crippen molar-refractivity contribution in [3.8, 4) is 0 Å². The summed E-state index contributed by atoms with van der Waals surface area (Å²) in [5, 5.41) is 0.143. The van der Waals surface area contributed by atoms with E-state index in [1.54, 1.807) is 13.3 Å². The second-order valence-corrected chi connectivity index (χ2v) is 4.66. The molecule has 0 aromatic carbocycles. The molecule has 1 aliphatic heterocycles. The lowest BCUT2D eigenvalue weighted by atomic mass is 10.1. The van der Waals surface area contributed by atoms with Crippen molar-refractivity contribution in [3.05, 3.63) is 0 Å². The second-order valence-electron chi connectivity index (χ2n) is 4.32. The van der Waals surface area contributed by atoms with Crippen LogP contribution in [0.3, 0.4) is 0 Å². The number of rotatable bonds is 2. The Morgan fingerprint density at radius 2 is 2.27 bits per heavy atom. The van der Waals surface area contributed by atoms with E-state index in [2.05, 4.69) is 9.98 Å². The minimum atomic E-state index is -0.853. The van der Waals surface area contributed by atoms with E-state index in [4.69, 9.17) is 11.6 Å². The maximum atomic E-state index is 13.1. The average Bonchev–Trinajstić information content (AvgIpc) is 2.71. The molecule has 0 radical (unpaired) electrons. The fraction of sp³-hybridized carbons (Fsp3) is 0.800. The Balaban J connectivity index is 2.20. The van der Waals surface area contributed by atoms with E-state index < -0.39 is 12.3 Å². The molecule has 2 aliphatic rings. The van der Waals surface area contributed by atoms with Gasteiger partial charge in [-0.2, -0.15) is 0 Å². The van der Waals surface area contributed by atoms with Gasteiger partial charge in [-0.25, -0.2) is 14.4 Å². The van der Waals surface area contributed by atoms with Gasteiger partial charge in [-0.1, -0.05) is 12.8 Å². The zero-order valence-electron chi connectivity index (χ0n) is 8.79. The third-order valence-corrected chi connectivity index (χ3v) is 3.33. The molecule has 15 heavy (non-hydrogen) atoms. The molecule has 0 spiro atoms. The van der Waals surface area contributed by atoms with Crippen molar-refractivity contribution in [2.24, 2.45) is 9.98 Å². The number of alkyl halides is 1. The fourth-order valence-corrected chi connectivity index (χ4v) is 2.51. The highest BCUT2D eigenvalue weighted by Crippen LogP contribution is 2.31. The summed E-state index contributed by atoms with van der Waals surface area (Å²) < 4.78 is 13.1. The predicted molar refractivity (Wildman–Crippen MR) is 60.3 cm³/mol. The summed E-state index contributed by atoms with van der Waals surface area (Å²) >= 11 is 5.71. The van der Waals surface area contributed by atoms with Crippen molar-refractivity contribution in [2.45, 2.75) is 44.3 Å². The van der Waals surface area contributed by atoms with Crippen LogP contribution >= 0.6 is 11.6 Å². The number of aliphatic imine (C=N–C) groups is 2. The highest BCUT2D eigenvalue weighted by molar-refractivity contribution is 6.65. The molecule has 1 aliphatic carbocycles. The Kier molecular flexibility index (Phi) is 2.96. The molecule has 0 saturated heterocycles. The first-order chi connectivity index (χ1) is 7.15. The smallest absolute Gasteiger partial charge is 0.221 e. The average molecular weight is 232 g/mol. The Hall–Kier alpha value is -0.640. The van der Waals surface area contributed by atoms with Gasteiger partial charge in [-0.05, 0) is 31.4 Å². The van der Waals surface area contributed by atoms with Crippen LogP contribution in [0.15, 0.2) is 9.98 Å². The Bertz CT molecular complexity index is 299. The summed E-state index contributed by atoms with van der Waals surface area (Å²) in [5.41, 5.74) is -0.853. The molecule has 1 atom stereocenters. The van der Waals surface area contributed by atoms with Gasteiger partial charge in [0.1, 0.15) is 6.67 Å². The largest absolute Gasteiger partial charge is 0.333 e. The number of halogens is 2. The first kappa shape index (κ1) is 10.9. The van der Waals surface area contributed by atoms with E-state index in [-0.39, 0.29) is 5.29 Å². The van der Waals surface area contributed by atoms with Crippen LogP contribution in [0.25, 0.3) is 0 Å². The Morgan fingerprint density at radius 3 is 2.87 bits per heavy atom. The van der Waals surface area contributed by atoms with Gasteiger partial charge in [-0.3, -0.25) is 0 Å². The summed E-state index contributed by atoms with van der Waals surface area (Å²) in [7, 11) is 0. The summed E-state index contributed by atoms with van der Waals surface area (Å²) in [6, 6.07) is 0.364. The first-order valence-corrected chi connectivity index (χ1v) is 5.67. The zero-order chi connectivity index (χ0) is 10.9. The number of nitrogens with zero attached hydrogens (tertiary/aromatic N) is 3. The molecule has 1 saturated carbocycles. The van der Waals surface area contributed by atoms with Gasteiger partial charge >= 0.3 is 0 Å².